The fraction of sp³-hybridized carbons (Fsp3) is 0.409. The summed E-state index contributed by atoms with van der Waals surface area (Å²) < 4.78 is 25.4. The summed E-state index contributed by atoms with van der Waals surface area (Å²) in [6.07, 6.45) is 3.16. The molecule has 0 amide bonds. The second kappa shape index (κ2) is 13.0. The van der Waals surface area contributed by atoms with Gasteiger partial charge in [0.2, 0.25) is 0 Å². The van der Waals surface area contributed by atoms with E-state index in [9.17, 15) is 14.4 Å². The highest BCUT2D eigenvalue weighted by Crippen LogP contribution is 2.29. The average molecular weight is 420 g/mol. The Bertz CT molecular complexity index is 781. The Labute approximate surface area is 176 Å². The molecule has 0 aliphatic rings. The van der Waals surface area contributed by atoms with Gasteiger partial charge in [0.25, 0.3) is 0 Å². The predicted molar refractivity (Wildman–Crippen MR) is 110 cm³/mol. The molecule has 1 rings (SSSR count). The number of benzene rings is 1. The molecule has 0 aliphatic heterocycles. The molecule has 0 saturated carbocycles. The second-order valence-corrected chi connectivity index (χ2v) is 6.35. The summed E-state index contributed by atoms with van der Waals surface area (Å²) in [5, 5.41) is 0. The first-order valence-corrected chi connectivity index (χ1v) is 9.45. The molecule has 8 heteroatoms. The van der Waals surface area contributed by atoms with E-state index >= 15 is 0 Å². The number of esters is 2. The van der Waals surface area contributed by atoms with Crippen LogP contribution < -0.4 is 9.47 Å². The van der Waals surface area contributed by atoms with Crippen molar-refractivity contribution >= 4 is 24.2 Å². The molecular formula is C22H28O8. The van der Waals surface area contributed by atoms with E-state index in [0.717, 1.165) is 6.42 Å². The third kappa shape index (κ3) is 8.81. The number of carbonyl (C=O) groups excluding carboxylic acids is 3. The van der Waals surface area contributed by atoms with Crippen LogP contribution in [0.15, 0.2) is 36.4 Å². The maximum atomic E-state index is 12.2. The number of hydrogen-bond acceptors (Lipinski definition) is 8. The van der Waals surface area contributed by atoms with Crippen LogP contribution in [0.5, 0.6) is 11.5 Å². The Morgan fingerprint density at radius 2 is 1.87 bits per heavy atom. The van der Waals surface area contributed by atoms with E-state index in [2.05, 4.69) is 11.3 Å². The lowest BCUT2D eigenvalue weighted by Gasteiger charge is -2.17. The topological polar surface area (TPSA) is 97.4 Å². The highest BCUT2D eigenvalue weighted by molar-refractivity contribution is 5.87. The minimum atomic E-state index is -0.893. The first-order chi connectivity index (χ1) is 14.3. The van der Waals surface area contributed by atoms with Crippen LogP contribution in [-0.2, 0) is 23.8 Å². The van der Waals surface area contributed by atoms with Crippen LogP contribution in [0.3, 0.4) is 0 Å². The van der Waals surface area contributed by atoms with Crippen molar-refractivity contribution in [3.05, 3.63) is 42.0 Å². The molecule has 0 aromatic heterocycles. The van der Waals surface area contributed by atoms with Crippen LogP contribution in [0.4, 0.5) is 4.79 Å². The standard InChI is InChI=1S/C22H28O8/c1-6-7-17(12-13-28-21(24)15(2)3)29-22(25)30-18-10-8-16(14-19(18)26-4)9-11-20(23)27-5/h8-11,14,17H,2,6-7,12-13H2,1,3-5H3. The Morgan fingerprint density at radius 1 is 1.13 bits per heavy atom. The van der Waals surface area contributed by atoms with Crippen molar-refractivity contribution in [2.45, 2.75) is 39.2 Å². The lowest BCUT2D eigenvalue weighted by atomic mass is 10.1. The van der Waals surface area contributed by atoms with Crippen molar-refractivity contribution in [1.82, 2.24) is 0 Å². The number of rotatable bonds is 11. The third-order valence-corrected chi connectivity index (χ3v) is 3.89. The highest BCUT2D eigenvalue weighted by atomic mass is 16.7. The second-order valence-electron chi connectivity index (χ2n) is 6.35. The molecule has 0 radical (unpaired) electrons. The molecular weight excluding hydrogens is 392 g/mol. The monoisotopic (exact) mass is 420 g/mol. The number of methoxy groups -OCH3 is 2. The van der Waals surface area contributed by atoms with Gasteiger partial charge in [-0.1, -0.05) is 26.0 Å². The fourth-order valence-corrected chi connectivity index (χ4v) is 2.34. The summed E-state index contributed by atoms with van der Waals surface area (Å²) in [7, 11) is 2.71. The van der Waals surface area contributed by atoms with Gasteiger partial charge in [-0.2, -0.15) is 0 Å². The zero-order chi connectivity index (χ0) is 22.5. The smallest absolute Gasteiger partial charge is 0.493 e. The Hall–Kier alpha value is -3.29. The first kappa shape index (κ1) is 24.7. The molecule has 0 saturated heterocycles. The molecule has 1 atom stereocenters. The maximum Gasteiger partial charge on any atom is 0.514 e. The Morgan fingerprint density at radius 3 is 2.47 bits per heavy atom. The Balaban J connectivity index is 2.72. The van der Waals surface area contributed by atoms with Gasteiger partial charge in [-0.25, -0.2) is 14.4 Å². The molecule has 0 N–H and O–H groups in total. The zero-order valence-corrected chi connectivity index (χ0v) is 17.8. The molecule has 0 bridgehead atoms. The van der Waals surface area contributed by atoms with Gasteiger partial charge in [0.15, 0.2) is 11.5 Å². The summed E-state index contributed by atoms with van der Waals surface area (Å²) in [5.41, 5.74) is 0.959. The van der Waals surface area contributed by atoms with Crippen molar-refractivity contribution in [3.63, 3.8) is 0 Å². The predicted octanol–water partition coefficient (Wildman–Crippen LogP) is 4.07. The fourth-order valence-electron chi connectivity index (χ4n) is 2.34. The summed E-state index contributed by atoms with van der Waals surface area (Å²) in [6, 6.07) is 4.77. The van der Waals surface area contributed by atoms with Crippen LogP contribution >= 0.6 is 0 Å². The maximum absolute atomic E-state index is 12.2. The van der Waals surface area contributed by atoms with Gasteiger partial charge in [0.1, 0.15) is 6.10 Å². The molecule has 0 spiro atoms. The Kier molecular flexibility index (Phi) is 10.7. The van der Waals surface area contributed by atoms with Gasteiger partial charge in [0.05, 0.1) is 20.8 Å². The molecule has 30 heavy (non-hydrogen) atoms. The average Bonchev–Trinajstić information content (AvgIpc) is 2.72. The molecule has 164 valence electrons. The van der Waals surface area contributed by atoms with Crippen LogP contribution in [0, 0.1) is 0 Å². The molecule has 1 aromatic carbocycles. The molecule has 0 aliphatic carbocycles. The number of carbonyl (C=O) groups is 3. The van der Waals surface area contributed by atoms with Gasteiger partial charge >= 0.3 is 18.1 Å². The summed E-state index contributed by atoms with van der Waals surface area (Å²) in [4.78, 5) is 34.9. The van der Waals surface area contributed by atoms with E-state index < -0.39 is 24.2 Å². The lowest BCUT2D eigenvalue weighted by Crippen LogP contribution is -2.23. The van der Waals surface area contributed by atoms with Crippen molar-refractivity contribution in [1.29, 1.82) is 0 Å². The van der Waals surface area contributed by atoms with Crippen molar-refractivity contribution < 1.29 is 38.1 Å². The molecule has 1 aromatic rings. The highest BCUT2D eigenvalue weighted by Gasteiger charge is 2.18. The van der Waals surface area contributed by atoms with Crippen LogP contribution in [0.2, 0.25) is 0 Å². The van der Waals surface area contributed by atoms with Crippen LogP contribution in [0.1, 0.15) is 38.7 Å². The normalized spacial score (nSPS) is 11.5. The first-order valence-electron chi connectivity index (χ1n) is 9.45. The van der Waals surface area contributed by atoms with E-state index in [1.165, 1.54) is 26.4 Å². The van der Waals surface area contributed by atoms with Crippen molar-refractivity contribution in [3.8, 4) is 11.5 Å². The van der Waals surface area contributed by atoms with E-state index in [1.807, 2.05) is 6.92 Å². The minimum absolute atomic E-state index is 0.105. The largest absolute Gasteiger partial charge is 0.514 e. The van der Waals surface area contributed by atoms with E-state index in [-0.39, 0.29) is 12.4 Å². The number of ether oxygens (including phenoxy) is 5. The molecule has 8 nitrogen and oxygen atoms in total. The quantitative estimate of drug-likeness (QED) is 0.229. The zero-order valence-electron chi connectivity index (χ0n) is 17.8. The van der Waals surface area contributed by atoms with Gasteiger partial charge in [-0.05, 0) is 37.1 Å². The third-order valence-electron chi connectivity index (χ3n) is 3.89. The molecule has 0 heterocycles. The summed E-state index contributed by atoms with van der Waals surface area (Å²) in [6.45, 7) is 7.13. The van der Waals surface area contributed by atoms with Gasteiger partial charge in [-0.15, -0.1) is 0 Å². The lowest BCUT2D eigenvalue weighted by molar-refractivity contribution is -0.139. The van der Waals surface area contributed by atoms with Crippen LogP contribution in [0.25, 0.3) is 6.08 Å². The molecule has 1 unspecified atom stereocenters. The number of hydrogen-bond donors (Lipinski definition) is 0. The van der Waals surface area contributed by atoms with Crippen LogP contribution in [-0.4, -0.2) is 45.0 Å². The minimum Gasteiger partial charge on any atom is -0.493 e. The summed E-state index contributed by atoms with van der Waals surface area (Å²) >= 11 is 0. The van der Waals surface area contributed by atoms with Gasteiger partial charge < -0.3 is 23.7 Å². The SMILES string of the molecule is C=C(C)C(=O)OCCC(CCC)OC(=O)Oc1ccc(C=CC(=O)OC)cc1OC. The van der Waals surface area contributed by atoms with Gasteiger partial charge in [0, 0.05) is 18.1 Å². The van der Waals surface area contributed by atoms with E-state index in [0.29, 0.717) is 29.7 Å². The van der Waals surface area contributed by atoms with Crippen molar-refractivity contribution in [2.24, 2.45) is 0 Å². The van der Waals surface area contributed by atoms with E-state index in [1.54, 1.807) is 25.1 Å². The molecule has 0 fully saturated rings. The van der Waals surface area contributed by atoms with Crippen molar-refractivity contribution in [2.75, 3.05) is 20.8 Å². The van der Waals surface area contributed by atoms with Gasteiger partial charge in [-0.3, -0.25) is 0 Å². The van der Waals surface area contributed by atoms with E-state index in [4.69, 9.17) is 18.9 Å². The summed E-state index contributed by atoms with van der Waals surface area (Å²) in [5.74, 6) is -0.518.